The van der Waals surface area contributed by atoms with Crippen LogP contribution in [0.1, 0.15) is 12.8 Å². The Balaban J connectivity index is 1.84. The maximum Gasteiger partial charge on any atom is 0.490 e. The van der Waals surface area contributed by atoms with Gasteiger partial charge < -0.3 is 15.7 Å². The number of Topliss-reactive ketones (excluding diaryl/α,β-unsaturated/α-hetero) is 1. The number of aromatic nitrogens is 1. The summed E-state index contributed by atoms with van der Waals surface area (Å²) in [5, 5.41) is 11.9. The van der Waals surface area contributed by atoms with E-state index in [1.54, 1.807) is 6.07 Å². The van der Waals surface area contributed by atoms with Crippen LogP contribution in [-0.2, 0) is 24.3 Å². The normalized spacial score (nSPS) is 22.1. The SMILES string of the molecule is NC(=NO)C1=CC=C[C@](OC(=O)C(F)(F)F)(C(NS(=O)(=O)c2cc3nc(Cl)ccc3s2)N2CCCC2)C1=O. The van der Waals surface area contributed by atoms with E-state index < -0.39 is 51.1 Å². The zero-order valence-corrected chi connectivity index (χ0v) is 21.5. The maximum absolute atomic E-state index is 13.6. The molecule has 0 spiro atoms. The average Bonchev–Trinajstić information content (AvgIpc) is 3.53. The van der Waals surface area contributed by atoms with Crippen LogP contribution in [0.2, 0.25) is 5.15 Å². The molecule has 17 heteroatoms. The number of esters is 1. The Morgan fingerprint density at radius 3 is 2.66 bits per heavy atom. The van der Waals surface area contributed by atoms with Gasteiger partial charge in [0.05, 0.1) is 15.8 Å². The molecule has 2 aliphatic rings. The third kappa shape index (κ3) is 5.26. The van der Waals surface area contributed by atoms with Crippen molar-refractivity contribution >= 4 is 60.8 Å². The first-order valence-electron chi connectivity index (χ1n) is 10.8. The number of oxime groups is 1. The Labute approximate surface area is 222 Å². The number of amidine groups is 1. The molecular weight excluding hydrogens is 575 g/mol. The number of ether oxygens (including phenoxy) is 1. The van der Waals surface area contributed by atoms with Gasteiger partial charge in [-0.25, -0.2) is 18.2 Å². The highest BCUT2D eigenvalue weighted by Gasteiger charge is 2.57. The molecule has 1 aliphatic heterocycles. The summed E-state index contributed by atoms with van der Waals surface area (Å²) in [6, 6.07) is 4.21. The number of allylic oxidation sites excluding steroid dienone is 2. The monoisotopic (exact) mass is 593 g/mol. The number of nitrogens with one attached hydrogen (secondary N) is 1. The molecule has 0 radical (unpaired) electrons. The Hall–Kier alpha value is -3.05. The molecule has 0 amide bonds. The number of hydrogen-bond acceptors (Lipinski definition) is 10. The van der Waals surface area contributed by atoms with Gasteiger partial charge >= 0.3 is 12.1 Å². The summed E-state index contributed by atoms with van der Waals surface area (Å²) >= 11 is 6.68. The van der Waals surface area contributed by atoms with E-state index in [1.165, 1.54) is 17.0 Å². The molecule has 0 aromatic carbocycles. The molecule has 0 bridgehead atoms. The van der Waals surface area contributed by atoms with Gasteiger partial charge in [0.25, 0.3) is 10.0 Å². The van der Waals surface area contributed by atoms with E-state index in [0.29, 0.717) is 17.5 Å². The lowest BCUT2D eigenvalue weighted by atomic mass is 9.84. The topological polar surface area (TPSA) is 164 Å². The average molecular weight is 594 g/mol. The molecule has 2 aromatic rings. The lowest BCUT2D eigenvalue weighted by Gasteiger charge is -2.42. The molecular formula is C21H19ClF3N5O6S2. The van der Waals surface area contributed by atoms with Crippen LogP contribution in [0.5, 0.6) is 0 Å². The summed E-state index contributed by atoms with van der Waals surface area (Å²) in [4.78, 5) is 31.1. The predicted molar refractivity (Wildman–Crippen MR) is 130 cm³/mol. The summed E-state index contributed by atoms with van der Waals surface area (Å²) in [5.41, 5.74) is 2.35. The van der Waals surface area contributed by atoms with Crippen molar-refractivity contribution in [3.63, 3.8) is 0 Å². The molecule has 0 saturated carbocycles. The van der Waals surface area contributed by atoms with Crippen LogP contribution in [0.3, 0.4) is 0 Å². The van der Waals surface area contributed by atoms with Gasteiger partial charge in [0.1, 0.15) is 15.5 Å². The number of pyridine rings is 1. The van der Waals surface area contributed by atoms with E-state index >= 15 is 0 Å². The molecule has 38 heavy (non-hydrogen) atoms. The number of sulfonamides is 1. The van der Waals surface area contributed by atoms with Crippen molar-refractivity contribution < 1.29 is 41.1 Å². The van der Waals surface area contributed by atoms with Crippen molar-refractivity contribution in [2.45, 2.75) is 35.0 Å². The van der Waals surface area contributed by atoms with Crippen LogP contribution >= 0.6 is 22.9 Å². The number of hydrogen-bond donors (Lipinski definition) is 3. The van der Waals surface area contributed by atoms with Crippen LogP contribution in [0.4, 0.5) is 13.2 Å². The van der Waals surface area contributed by atoms with Crippen molar-refractivity contribution in [2.24, 2.45) is 10.9 Å². The van der Waals surface area contributed by atoms with E-state index in [0.717, 1.165) is 29.6 Å². The number of nitrogens with zero attached hydrogens (tertiary/aromatic N) is 3. The smallest absolute Gasteiger partial charge is 0.436 e. The van der Waals surface area contributed by atoms with Gasteiger partial charge in [-0.05, 0) is 56.3 Å². The minimum Gasteiger partial charge on any atom is -0.436 e. The van der Waals surface area contributed by atoms with Crippen LogP contribution in [0, 0.1) is 0 Å². The summed E-state index contributed by atoms with van der Waals surface area (Å²) in [5.74, 6) is -4.83. The maximum atomic E-state index is 13.6. The van der Waals surface area contributed by atoms with Crippen molar-refractivity contribution in [1.82, 2.24) is 14.6 Å². The van der Waals surface area contributed by atoms with Gasteiger partial charge in [-0.15, -0.1) is 11.3 Å². The molecule has 1 saturated heterocycles. The van der Waals surface area contributed by atoms with E-state index in [9.17, 15) is 31.2 Å². The van der Waals surface area contributed by atoms with Crippen LogP contribution in [-0.4, -0.2) is 72.1 Å². The van der Waals surface area contributed by atoms with E-state index in [2.05, 4.69) is 14.9 Å². The molecule has 2 atom stereocenters. The van der Waals surface area contributed by atoms with E-state index in [1.807, 2.05) is 0 Å². The second-order valence-corrected chi connectivity index (χ2v) is 11.7. The molecule has 1 aliphatic carbocycles. The minimum atomic E-state index is -5.52. The van der Waals surface area contributed by atoms with E-state index in [-0.39, 0.29) is 28.0 Å². The first-order chi connectivity index (χ1) is 17.8. The molecule has 11 nitrogen and oxygen atoms in total. The summed E-state index contributed by atoms with van der Waals surface area (Å²) in [6.07, 6.45) is -3.38. The summed E-state index contributed by atoms with van der Waals surface area (Å²) in [7, 11) is -4.54. The first-order valence-corrected chi connectivity index (χ1v) is 13.5. The van der Waals surface area contributed by atoms with Gasteiger partial charge in [-0.3, -0.25) is 9.69 Å². The third-order valence-electron chi connectivity index (χ3n) is 5.84. The zero-order chi connectivity index (χ0) is 27.9. The molecule has 4 N–H and O–H groups in total. The van der Waals surface area contributed by atoms with Gasteiger partial charge in [-0.1, -0.05) is 22.8 Å². The highest BCUT2D eigenvalue weighted by atomic mass is 35.5. The second kappa shape index (κ2) is 10.3. The Morgan fingerprint density at radius 2 is 2.03 bits per heavy atom. The summed E-state index contributed by atoms with van der Waals surface area (Å²) < 4.78 is 74.3. The number of rotatable bonds is 7. The first kappa shape index (κ1) is 28.0. The highest BCUT2D eigenvalue weighted by molar-refractivity contribution is 7.91. The predicted octanol–water partition coefficient (Wildman–Crippen LogP) is 2.31. The number of carbonyl (C=O) groups excluding carboxylic acids is 2. The quantitative estimate of drug-likeness (QED) is 0.109. The van der Waals surface area contributed by atoms with Gasteiger partial charge in [-0.2, -0.15) is 17.9 Å². The number of fused-ring (bicyclic) bond motifs is 1. The number of thiophene rings is 1. The standard InChI is InChI=1S/C21H19ClF3N5O6S2/c22-14-6-5-13-12(27-14)10-15(37-13)38(34,35)29-18(30-8-1-2-9-30)20(36-19(32)21(23,24)25)7-3-4-11(16(20)31)17(26)28-33/h3-7,10,18,29,33H,1-2,8-9H2,(H2,26,28)/t18?,20-/m1/s1. The number of carbonyl (C=O) groups is 2. The van der Waals surface area contributed by atoms with Crippen LogP contribution < -0.4 is 10.5 Å². The Kier molecular flexibility index (Phi) is 7.55. The van der Waals surface area contributed by atoms with Crippen molar-refractivity contribution in [3.8, 4) is 0 Å². The highest BCUT2D eigenvalue weighted by Crippen LogP contribution is 2.36. The Morgan fingerprint density at radius 1 is 1.34 bits per heavy atom. The Bertz CT molecular complexity index is 1480. The van der Waals surface area contributed by atoms with Gasteiger partial charge in [0.15, 0.2) is 5.84 Å². The number of alkyl halides is 3. The third-order valence-corrected chi connectivity index (χ3v) is 9.03. The molecule has 204 valence electrons. The van der Waals surface area contributed by atoms with Gasteiger partial charge in [0, 0.05) is 0 Å². The molecule has 1 fully saturated rings. The van der Waals surface area contributed by atoms with Gasteiger partial charge in [0.2, 0.25) is 11.4 Å². The lowest BCUT2D eigenvalue weighted by molar-refractivity contribution is -0.214. The van der Waals surface area contributed by atoms with Crippen LogP contribution in [0.25, 0.3) is 10.2 Å². The molecule has 2 aromatic heterocycles. The number of nitrogens with two attached hydrogens (primary N) is 1. The molecule has 3 heterocycles. The zero-order valence-electron chi connectivity index (χ0n) is 19.1. The fourth-order valence-electron chi connectivity index (χ4n) is 4.11. The number of ketones is 1. The minimum absolute atomic E-state index is 0.112. The van der Waals surface area contributed by atoms with Crippen molar-refractivity contribution in [1.29, 1.82) is 0 Å². The van der Waals surface area contributed by atoms with Crippen molar-refractivity contribution in [3.05, 3.63) is 47.2 Å². The fourth-order valence-corrected chi connectivity index (χ4v) is 6.85. The van der Waals surface area contributed by atoms with Crippen LogP contribution in [0.15, 0.2) is 51.4 Å². The largest absolute Gasteiger partial charge is 0.490 e. The molecule has 4 rings (SSSR count). The van der Waals surface area contributed by atoms with E-state index in [4.69, 9.17) is 27.3 Å². The second-order valence-electron chi connectivity index (χ2n) is 8.28. The molecule has 1 unspecified atom stereocenters. The summed E-state index contributed by atoms with van der Waals surface area (Å²) in [6.45, 7) is 0.317. The number of halogens is 4. The van der Waals surface area contributed by atoms with Crippen molar-refractivity contribution in [2.75, 3.05) is 13.1 Å². The fraction of sp³-hybridized carbons (Fsp3) is 0.333. The lowest BCUT2D eigenvalue weighted by Crippen LogP contribution is -2.66. The number of likely N-dealkylation sites (tertiary alicyclic amines) is 1.